The molecule has 1 heterocycles. The lowest BCUT2D eigenvalue weighted by atomic mass is 10.2. The van der Waals surface area contributed by atoms with Crippen molar-refractivity contribution in [2.75, 3.05) is 5.75 Å². The molecule has 0 fully saturated rings. The summed E-state index contributed by atoms with van der Waals surface area (Å²) in [6.45, 7) is 4.10. The quantitative estimate of drug-likeness (QED) is 0.785. The third-order valence-corrected chi connectivity index (χ3v) is 4.14. The van der Waals surface area contributed by atoms with Crippen LogP contribution < -0.4 is 5.32 Å². The Labute approximate surface area is 138 Å². The Bertz CT molecular complexity index is 616. The Kier molecular flexibility index (Phi) is 6.21. The molecule has 0 aliphatic carbocycles. The van der Waals surface area contributed by atoms with Crippen LogP contribution in [-0.2, 0) is 4.79 Å². The normalized spacial score (nSPS) is 12.1. The smallest absolute Gasteiger partial charge is 0.230 e. The minimum Gasteiger partial charge on any atom is -0.353 e. The molecule has 118 valence electrons. The third-order valence-electron chi connectivity index (χ3n) is 2.97. The van der Waals surface area contributed by atoms with Gasteiger partial charge in [0.25, 0.3) is 0 Å². The number of tetrazole rings is 1. The van der Waals surface area contributed by atoms with Crippen molar-refractivity contribution in [2.45, 2.75) is 37.9 Å². The number of hydrogen-bond donors (Lipinski definition) is 1. The Hall–Kier alpha value is -1.60. The van der Waals surface area contributed by atoms with Gasteiger partial charge in [-0.3, -0.25) is 4.79 Å². The maximum absolute atomic E-state index is 11.9. The third kappa shape index (κ3) is 4.71. The number of aromatic nitrogens is 4. The van der Waals surface area contributed by atoms with Gasteiger partial charge in [-0.05, 0) is 48.0 Å². The number of halogens is 1. The average Bonchev–Trinajstić information content (AvgIpc) is 2.94. The van der Waals surface area contributed by atoms with Crippen molar-refractivity contribution in [1.29, 1.82) is 0 Å². The van der Waals surface area contributed by atoms with Crippen LogP contribution >= 0.6 is 23.4 Å². The molecule has 1 N–H and O–H groups in total. The first-order valence-electron chi connectivity index (χ1n) is 7.06. The Morgan fingerprint density at radius 2 is 2.14 bits per heavy atom. The van der Waals surface area contributed by atoms with E-state index in [-0.39, 0.29) is 17.7 Å². The minimum absolute atomic E-state index is 0.0170. The molecule has 0 spiro atoms. The predicted molar refractivity (Wildman–Crippen MR) is 87.4 cm³/mol. The highest BCUT2D eigenvalue weighted by atomic mass is 35.5. The molecule has 1 aromatic carbocycles. The van der Waals surface area contributed by atoms with Gasteiger partial charge in [-0.15, -0.1) is 5.10 Å². The van der Waals surface area contributed by atoms with Gasteiger partial charge >= 0.3 is 0 Å². The van der Waals surface area contributed by atoms with E-state index in [1.165, 1.54) is 11.8 Å². The average molecular weight is 340 g/mol. The van der Waals surface area contributed by atoms with Crippen molar-refractivity contribution < 1.29 is 4.79 Å². The van der Waals surface area contributed by atoms with Crippen LogP contribution in [0, 0.1) is 0 Å². The summed E-state index contributed by atoms with van der Waals surface area (Å²) in [7, 11) is 0. The molecule has 2 rings (SSSR count). The molecule has 22 heavy (non-hydrogen) atoms. The SMILES string of the molecule is CCCC(C)NC(=O)CSc1nnnn1-c1ccc(Cl)cc1. The van der Waals surface area contributed by atoms with Gasteiger partial charge in [0.05, 0.1) is 11.4 Å². The van der Waals surface area contributed by atoms with Crippen LogP contribution in [0.3, 0.4) is 0 Å². The molecule has 1 aromatic heterocycles. The molecule has 0 saturated carbocycles. The van der Waals surface area contributed by atoms with Gasteiger partial charge in [0, 0.05) is 11.1 Å². The van der Waals surface area contributed by atoms with Crippen molar-refractivity contribution in [1.82, 2.24) is 25.5 Å². The summed E-state index contributed by atoms with van der Waals surface area (Å²) in [6, 6.07) is 7.38. The number of hydrogen-bond acceptors (Lipinski definition) is 5. The molecule has 0 bridgehead atoms. The van der Waals surface area contributed by atoms with Crippen LogP contribution in [0.1, 0.15) is 26.7 Å². The fraction of sp³-hybridized carbons (Fsp3) is 0.429. The first-order chi connectivity index (χ1) is 10.6. The Balaban J connectivity index is 1.96. The molecule has 1 amide bonds. The monoisotopic (exact) mass is 339 g/mol. The lowest BCUT2D eigenvalue weighted by Crippen LogP contribution is -2.33. The first-order valence-corrected chi connectivity index (χ1v) is 8.43. The van der Waals surface area contributed by atoms with E-state index in [9.17, 15) is 4.79 Å². The number of rotatable bonds is 7. The zero-order valence-electron chi connectivity index (χ0n) is 12.5. The van der Waals surface area contributed by atoms with Gasteiger partial charge in [0.2, 0.25) is 11.1 Å². The molecule has 8 heteroatoms. The second-order valence-electron chi connectivity index (χ2n) is 4.90. The topological polar surface area (TPSA) is 72.7 Å². The summed E-state index contributed by atoms with van der Waals surface area (Å²) in [6.07, 6.45) is 2.02. The standard InChI is InChI=1S/C14H18ClN5OS/c1-3-4-10(2)16-13(21)9-22-14-17-18-19-20(14)12-7-5-11(15)6-8-12/h5-8,10H,3-4,9H2,1-2H3,(H,16,21). The van der Waals surface area contributed by atoms with Crippen molar-refractivity contribution >= 4 is 29.3 Å². The van der Waals surface area contributed by atoms with Crippen molar-refractivity contribution in [2.24, 2.45) is 0 Å². The van der Waals surface area contributed by atoms with E-state index in [0.717, 1.165) is 18.5 Å². The highest BCUT2D eigenvalue weighted by Crippen LogP contribution is 2.19. The molecule has 0 radical (unpaired) electrons. The van der Waals surface area contributed by atoms with Crippen molar-refractivity contribution in [3.63, 3.8) is 0 Å². The summed E-state index contributed by atoms with van der Waals surface area (Å²) < 4.78 is 1.59. The molecular formula is C14H18ClN5OS. The zero-order valence-corrected chi connectivity index (χ0v) is 14.1. The Morgan fingerprint density at radius 3 is 2.82 bits per heavy atom. The van der Waals surface area contributed by atoms with Crippen LogP contribution in [-0.4, -0.2) is 37.9 Å². The zero-order chi connectivity index (χ0) is 15.9. The highest BCUT2D eigenvalue weighted by molar-refractivity contribution is 7.99. The van der Waals surface area contributed by atoms with E-state index in [1.54, 1.807) is 16.8 Å². The van der Waals surface area contributed by atoms with Crippen molar-refractivity contribution in [3.8, 4) is 5.69 Å². The molecule has 0 aliphatic heterocycles. The van der Waals surface area contributed by atoms with Crippen LogP contribution in [0.5, 0.6) is 0 Å². The number of nitrogens with one attached hydrogen (secondary N) is 1. The number of thioether (sulfide) groups is 1. The maximum Gasteiger partial charge on any atom is 0.230 e. The lowest BCUT2D eigenvalue weighted by Gasteiger charge is -2.12. The summed E-state index contributed by atoms with van der Waals surface area (Å²) in [5.41, 5.74) is 0.802. The second-order valence-corrected chi connectivity index (χ2v) is 6.27. The lowest BCUT2D eigenvalue weighted by molar-refractivity contribution is -0.119. The minimum atomic E-state index is -0.0170. The molecule has 6 nitrogen and oxygen atoms in total. The number of carbonyl (C=O) groups excluding carboxylic acids is 1. The van der Waals surface area contributed by atoms with Crippen LogP contribution in [0.4, 0.5) is 0 Å². The molecule has 2 aromatic rings. The van der Waals surface area contributed by atoms with E-state index >= 15 is 0 Å². The fourth-order valence-corrected chi connectivity index (χ4v) is 2.79. The van der Waals surface area contributed by atoms with Gasteiger partial charge < -0.3 is 5.32 Å². The number of amides is 1. The number of benzene rings is 1. The largest absolute Gasteiger partial charge is 0.353 e. The highest BCUT2D eigenvalue weighted by Gasteiger charge is 2.12. The van der Waals surface area contributed by atoms with E-state index in [1.807, 2.05) is 19.1 Å². The van der Waals surface area contributed by atoms with E-state index < -0.39 is 0 Å². The van der Waals surface area contributed by atoms with Gasteiger partial charge in [0.1, 0.15) is 0 Å². The van der Waals surface area contributed by atoms with Crippen LogP contribution in [0.15, 0.2) is 29.4 Å². The van der Waals surface area contributed by atoms with E-state index in [0.29, 0.717) is 10.2 Å². The molecule has 0 aliphatic rings. The summed E-state index contributed by atoms with van der Waals surface area (Å²) in [4.78, 5) is 11.9. The van der Waals surface area contributed by atoms with Crippen molar-refractivity contribution in [3.05, 3.63) is 29.3 Å². The summed E-state index contributed by atoms with van der Waals surface area (Å²) in [5.74, 6) is 0.263. The molecule has 1 atom stereocenters. The number of nitrogens with zero attached hydrogens (tertiary/aromatic N) is 4. The molecule has 0 saturated heterocycles. The van der Waals surface area contributed by atoms with Crippen LogP contribution in [0.2, 0.25) is 5.02 Å². The van der Waals surface area contributed by atoms with E-state index in [2.05, 4.69) is 27.8 Å². The fourth-order valence-electron chi connectivity index (χ4n) is 1.97. The predicted octanol–water partition coefficient (Wildman–Crippen LogP) is 2.71. The molecule has 1 unspecified atom stereocenters. The summed E-state index contributed by atoms with van der Waals surface area (Å²) in [5, 5.41) is 15.7. The number of carbonyl (C=O) groups is 1. The Morgan fingerprint density at radius 1 is 1.41 bits per heavy atom. The second kappa shape index (κ2) is 8.14. The van der Waals surface area contributed by atoms with Crippen LogP contribution in [0.25, 0.3) is 5.69 Å². The maximum atomic E-state index is 11.9. The van der Waals surface area contributed by atoms with Gasteiger partial charge in [-0.25, -0.2) is 0 Å². The molecular weight excluding hydrogens is 322 g/mol. The first kappa shape index (κ1) is 16.8. The van der Waals surface area contributed by atoms with Gasteiger partial charge in [-0.2, -0.15) is 4.68 Å². The van der Waals surface area contributed by atoms with Gasteiger partial charge in [-0.1, -0.05) is 36.7 Å². The van der Waals surface area contributed by atoms with E-state index in [4.69, 9.17) is 11.6 Å². The van der Waals surface area contributed by atoms with Gasteiger partial charge in [0.15, 0.2) is 0 Å². The summed E-state index contributed by atoms with van der Waals surface area (Å²) >= 11 is 7.17.